The second-order valence-corrected chi connectivity index (χ2v) is 5.08. The van der Waals surface area contributed by atoms with Crippen molar-refractivity contribution in [3.05, 3.63) is 42.0 Å². The molecule has 0 spiro atoms. The van der Waals surface area contributed by atoms with Gasteiger partial charge in [0, 0.05) is 25.1 Å². The predicted octanol–water partition coefficient (Wildman–Crippen LogP) is 2.62. The van der Waals surface area contributed by atoms with Crippen molar-refractivity contribution in [3.63, 3.8) is 0 Å². The molecule has 0 saturated carbocycles. The van der Waals surface area contributed by atoms with Crippen molar-refractivity contribution >= 4 is 17.5 Å². The Morgan fingerprint density at radius 1 is 1.20 bits per heavy atom. The van der Waals surface area contributed by atoms with Crippen LogP contribution in [0, 0.1) is 5.92 Å². The molecule has 1 aliphatic rings. The molecule has 0 saturated heterocycles. The molecule has 0 bridgehead atoms. The fraction of sp³-hybridized carbons (Fsp3) is 0.375. The second-order valence-electron chi connectivity index (χ2n) is 5.08. The molecule has 0 radical (unpaired) electrons. The molecule has 20 heavy (non-hydrogen) atoms. The van der Waals surface area contributed by atoms with E-state index < -0.39 is 0 Å². The molecule has 1 aliphatic carbocycles. The molecule has 2 N–H and O–H groups in total. The van der Waals surface area contributed by atoms with Gasteiger partial charge in [0.2, 0.25) is 11.8 Å². The summed E-state index contributed by atoms with van der Waals surface area (Å²) in [6.45, 7) is 2.01. The van der Waals surface area contributed by atoms with Crippen LogP contribution in [0.2, 0.25) is 0 Å². The van der Waals surface area contributed by atoms with Crippen LogP contribution in [0.5, 0.6) is 0 Å². The lowest BCUT2D eigenvalue weighted by molar-refractivity contribution is -0.125. The number of nitrogens with one attached hydrogen (secondary N) is 2. The zero-order valence-corrected chi connectivity index (χ0v) is 11.7. The molecule has 2 rings (SSSR count). The van der Waals surface area contributed by atoms with Crippen molar-refractivity contribution < 1.29 is 9.59 Å². The summed E-state index contributed by atoms with van der Waals surface area (Å²) < 4.78 is 0. The van der Waals surface area contributed by atoms with Gasteiger partial charge in [-0.1, -0.05) is 24.3 Å². The first-order valence-corrected chi connectivity index (χ1v) is 6.94. The number of hydrogen-bond donors (Lipinski definition) is 2. The Kier molecular flexibility index (Phi) is 4.93. The highest BCUT2D eigenvalue weighted by Gasteiger charge is 2.17. The molecule has 2 amide bonds. The average Bonchev–Trinajstić information content (AvgIpc) is 2.46. The molecular weight excluding hydrogens is 252 g/mol. The predicted molar refractivity (Wildman–Crippen MR) is 79.1 cm³/mol. The number of hydrogen-bond acceptors (Lipinski definition) is 2. The van der Waals surface area contributed by atoms with Crippen molar-refractivity contribution in [3.8, 4) is 0 Å². The Morgan fingerprint density at radius 3 is 2.55 bits per heavy atom. The minimum Gasteiger partial charge on any atom is -0.352 e. The second kappa shape index (κ2) is 6.89. The lowest BCUT2D eigenvalue weighted by Crippen LogP contribution is -2.30. The zero-order chi connectivity index (χ0) is 14.4. The van der Waals surface area contributed by atoms with Crippen molar-refractivity contribution in [2.45, 2.75) is 32.7 Å². The first kappa shape index (κ1) is 14.3. The number of carbonyl (C=O) groups is 2. The van der Waals surface area contributed by atoms with Crippen molar-refractivity contribution in [2.24, 2.45) is 5.92 Å². The van der Waals surface area contributed by atoms with Crippen molar-refractivity contribution in [1.29, 1.82) is 0 Å². The zero-order valence-electron chi connectivity index (χ0n) is 11.7. The molecule has 0 heterocycles. The van der Waals surface area contributed by atoms with Crippen LogP contribution >= 0.6 is 0 Å². The summed E-state index contributed by atoms with van der Waals surface area (Å²) in [5.41, 5.74) is 1.80. The topological polar surface area (TPSA) is 58.2 Å². The molecule has 1 aromatic carbocycles. The molecule has 4 heteroatoms. The highest BCUT2D eigenvalue weighted by atomic mass is 16.2. The van der Waals surface area contributed by atoms with E-state index in [0.29, 0.717) is 6.54 Å². The Labute approximate surface area is 119 Å². The first-order chi connectivity index (χ1) is 9.65. The summed E-state index contributed by atoms with van der Waals surface area (Å²) in [7, 11) is 0. The molecule has 0 unspecified atom stereocenters. The van der Waals surface area contributed by atoms with Gasteiger partial charge in [-0.3, -0.25) is 9.59 Å². The van der Waals surface area contributed by atoms with Gasteiger partial charge in [0.05, 0.1) is 0 Å². The van der Waals surface area contributed by atoms with Gasteiger partial charge >= 0.3 is 0 Å². The monoisotopic (exact) mass is 272 g/mol. The van der Waals surface area contributed by atoms with Crippen molar-refractivity contribution in [2.75, 3.05) is 5.32 Å². The molecule has 0 aromatic heterocycles. The van der Waals surface area contributed by atoms with Gasteiger partial charge in [0.1, 0.15) is 0 Å². The van der Waals surface area contributed by atoms with Crippen molar-refractivity contribution in [1.82, 2.24) is 5.32 Å². The molecular formula is C16H20N2O2. The lowest BCUT2D eigenvalue weighted by Gasteiger charge is -2.17. The standard InChI is InChI=1S/C16H20N2O2/c1-12(19)18-15-9-7-13(8-10-15)11-17-16(20)14-5-3-2-4-6-14/h2-3,7-10,14H,4-6,11H2,1H3,(H,17,20)(H,18,19)/t14-/m0/s1. The molecule has 4 nitrogen and oxygen atoms in total. The van der Waals surface area contributed by atoms with E-state index in [1.54, 1.807) is 0 Å². The van der Waals surface area contributed by atoms with Gasteiger partial charge in [0.25, 0.3) is 0 Å². The number of carbonyl (C=O) groups excluding carboxylic acids is 2. The largest absolute Gasteiger partial charge is 0.352 e. The Balaban J connectivity index is 1.82. The molecule has 1 aromatic rings. The number of amides is 2. The maximum absolute atomic E-state index is 12.0. The Bertz CT molecular complexity index is 506. The minimum atomic E-state index is -0.0867. The third-order valence-corrected chi connectivity index (χ3v) is 3.38. The normalized spacial score (nSPS) is 17.6. The quantitative estimate of drug-likeness (QED) is 0.828. The number of rotatable bonds is 4. The van der Waals surface area contributed by atoms with Crippen LogP contribution in [0.3, 0.4) is 0 Å². The SMILES string of the molecule is CC(=O)Nc1ccc(CNC(=O)[C@H]2CC=CCC2)cc1. The van der Waals surface area contributed by atoms with E-state index in [2.05, 4.69) is 22.8 Å². The van der Waals surface area contributed by atoms with E-state index in [-0.39, 0.29) is 17.7 Å². The van der Waals surface area contributed by atoms with Gasteiger partial charge in [-0.15, -0.1) is 0 Å². The maximum atomic E-state index is 12.0. The minimum absolute atomic E-state index is 0.0867. The number of anilines is 1. The molecule has 0 fully saturated rings. The lowest BCUT2D eigenvalue weighted by atomic mass is 9.93. The Morgan fingerprint density at radius 2 is 1.95 bits per heavy atom. The fourth-order valence-electron chi connectivity index (χ4n) is 2.27. The van der Waals surface area contributed by atoms with Crippen LogP contribution in [0.1, 0.15) is 31.7 Å². The highest BCUT2D eigenvalue weighted by Crippen LogP contribution is 2.18. The van der Waals surface area contributed by atoms with Crippen LogP contribution in [-0.4, -0.2) is 11.8 Å². The van der Waals surface area contributed by atoms with Gasteiger partial charge < -0.3 is 10.6 Å². The fourth-order valence-corrected chi connectivity index (χ4v) is 2.27. The van der Waals surface area contributed by atoms with E-state index in [1.807, 2.05) is 24.3 Å². The summed E-state index contributed by atoms with van der Waals surface area (Å²) >= 11 is 0. The number of allylic oxidation sites excluding steroid dienone is 2. The van der Waals surface area contributed by atoms with Crippen LogP contribution in [-0.2, 0) is 16.1 Å². The van der Waals surface area contributed by atoms with Gasteiger partial charge in [-0.2, -0.15) is 0 Å². The van der Waals surface area contributed by atoms with E-state index in [4.69, 9.17) is 0 Å². The van der Waals surface area contributed by atoms with Gasteiger partial charge in [-0.25, -0.2) is 0 Å². The summed E-state index contributed by atoms with van der Waals surface area (Å²) in [6, 6.07) is 7.50. The van der Waals surface area contributed by atoms with Crippen LogP contribution in [0.25, 0.3) is 0 Å². The van der Waals surface area contributed by atoms with E-state index >= 15 is 0 Å². The van der Waals surface area contributed by atoms with Crippen LogP contribution in [0.15, 0.2) is 36.4 Å². The summed E-state index contributed by atoms with van der Waals surface area (Å²) in [5, 5.41) is 5.68. The summed E-state index contributed by atoms with van der Waals surface area (Å²) in [6.07, 6.45) is 6.97. The molecule has 0 aliphatic heterocycles. The van der Waals surface area contributed by atoms with Crippen LogP contribution < -0.4 is 10.6 Å². The average molecular weight is 272 g/mol. The summed E-state index contributed by atoms with van der Waals surface area (Å²) in [5.74, 6) is 0.148. The van der Waals surface area contributed by atoms with Gasteiger partial charge in [0.15, 0.2) is 0 Å². The van der Waals surface area contributed by atoms with E-state index in [0.717, 1.165) is 30.5 Å². The van der Waals surface area contributed by atoms with Crippen LogP contribution in [0.4, 0.5) is 5.69 Å². The third-order valence-electron chi connectivity index (χ3n) is 3.38. The van der Waals surface area contributed by atoms with E-state index in [1.165, 1.54) is 6.92 Å². The smallest absolute Gasteiger partial charge is 0.223 e. The first-order valence-electron chi connectivity index (χ1n) is 6.94. The molecule has 1 atom stereocenters. The Hall–Kier alpha value is -2.10. The summed E-state index contributed by atoms with van der Waals surface area (Å²) in [4.78, 5) is 22.9. The maximum Gasteiger partial charge on any atom is 0.223 e. The van der Waals surface area contributed by atoms with E-state index in [9.17, 15) is 9.59 Å². The highest BCUT2D eigenvalue weighted by molar-refractivity contribution is 5.88. The third kappa shape index (κ3) is 4.23. The molecule has 106 valence electrons. The van der Waals surface area contributed by atoms with Gasteiger partial charge in [-0.05, 0) is 37.0 Å². The number of benzene rings is 1.